The molecule has 1 unspecified atom stereocenters. The van der Waals surface area contributed by atoms with Crippen molar-refractivity contribution in [3.8, 4) is 0 Å². The molecule has 1 aliphatic heterocycles. The maximum Gasteiger partial charge on any atom is 0.241 e. The molecule has 7 heteroatoms. The largest absolute Gasteiger partial charge is 0.344 e. The molecule has 1 aromatic rings. The van der Waals surface area contributed by atoms with Crippen LogP contribution in [0.1, 0.15) is 12.0 Å². The second kappa shape index (κ2) is 5.60. The van der Waals surface area contributed by atoms with Crippen molar-refractivity contribution in [2.24, 2.45) is 0 Å². The molecule has 2 rings (SSSR count). The van der Waals surface area contributed by atoms with Crippen molar-refractivity contribution in [2.75, 3.05) is 13.6 Å². The average Bonchev–Trinajstić information content (AvgIpc) is 2.70. The van der Waals surface area contributed by atoms with E-state index in [1.54, 1.807) is 31.3 Å². The molecule has 1 fully saturated rings. The van der Waals surface area contributed by atoms with Crippen molar-refractivity contribution in [1.29, 1.82) is 0 Å². The number of nitrogens with zero attached hydrogens (tertiary/aromatic N) is 1. The van der Waals surface area contributed by atoms with Crippen LogP contribution in [-0.4, -0.2) is 38.9 Å². The zero-order valence-electron chi connectivity index (χ0n) is 10.5. The lowest BCUT2D eigenvalue weighted by atomic mass is 10.2. The number of hydrogen-bond acceptors (Lipinski definition) is 3. The summed E-state index contributed by atoms with van der Waals surface area (Å²) < 4.78 is 26.8. The fourth-order valence-corrected chi connectivity index (χ4v) is 3.54. The molecule has 0 aliphatic carbocycles. The number of likely N-dealkylation sites (tertiary alicyclic amines) is 1. The van der Waals surface area contributed by atoms with Gasteiger partial charge in [0.2, 0.25) is 15.9 Å². The molecule has 0 saturated carbocycles. The topological polar surface area (TPSA) is 66.5 Å². The van der Waals surface area contributed by atoms with Crippen LogP contribution in [0.3, 0.4) is 0 Å². The molecular formula is C12H15BrN2O3S. The van der Waals surface area contributed by atoms with Gasteiger partial charge in [-0.3, -0.25) is 4.79 Å². The summed E-state index contributed by atoms with van der Waals surface area (Å²) in [5.74, 6) is -0.180. The molecular weight excluding hydrogens is 332 g/mol. The molecule has 19 heavy (non-hydrogen) atoms. The number of hydrogen-bond donors (Lipinski definition) is 1. The van der Waals surface area contributed by atoms with Gasteiger partial charge < -0.3 is 4.90 Å². The highest BCUT2D eigenvalue weighted by molar-refractivity contribution is 9.08. The van der Waals surface area contributed by atoms with E-state index in [9.17, 15) is 13.2 Å². The Hall–Kier alpha value is -0.920. The number of rotatable bonds is 4. The van der Waals surface area contributed by atoms with Gasteiger partial charge >= 0.3 is 0 Å². The summed E-state index contributed by atoms with van der Waals surface area (Å²) in [5.41, 5.74) is 0.996. The molecule has 1 heterocycles. The molecule has 104 valence electrons. The molecule has 1 atom stereocenters. The standard InChI is InChI=1S/C12H15BrN2O3S/c1-15-7-6-11(12(15)16)14-19(17,18)10-4-2-9(8-13)3-5-10/h2-5,11,14H,6-8H2,1H3. The third-order valence-corrected chi connectivity index (χ3v) is 5.25. The van der Waals surface area contributed by atoms with E-state index in [1.807, 2.05) is 0 Å². The van der Waals surface area contributed by atoms with Crippen molar-refractivity contribution in [1.82, 2.24) is 9.62 Å². The van der Waals surface area contributed by atoms with Gasteiger partial charge in [0.05, 0.1) is 4.90 Å². The Morgan fingerprint density at radius 2 is 2.00 bits per heavy atom. The first kappa shape index (κ1) is 14.5. The third-order valence-electron chi connectivity index (χ3n) is 3.11. The van der Waals surface area contributed by atoms with Gasteiger partial charge in [-0.2, -0.15) is 4.72 Å². The highest BCUT2D eigenvalue weighted by Gasteiger charge is 2.32. The molecule has 1 aromatic carbocycles. The molecule has 0 aromatic heterocycles. The van der Waals surface area contributed by atoms with E-state index in [1.165, 1.54) is 4.90 Å². The van der Waals surface area contributed by atoms with Crippen molar-refractivity contribution >= 4 is 31.9 Å². The van der Waals surface area contributed by atoms with E-state index in [2.05, 4.69) is 20.7 Å². The van der Waals surface area contributed by atoms with Crippen molar-refractivity contribution in [3.05, 3.63) is 29.8 Å². The van der Waals surface area contributed by atoms with Crippen molar-refractivity contribution in [2.45, 2.75) is 22.7 Å². The molecule has 1 N–H and O–H groups in total. The number of nitrogens with one attached hydrogen (secondary N) is 1. The summed E-state index contributed by atoms with van der Waals surface area (Å²) in [6.07, 6.45) is 0.508. The number of benzene rings is 1. The summed E-state index contributed by atoms with van der Waals surface area (Å²) in [4.78, 5) is 13.4. The summed E-state index contributed by atoms with van der Waals surface area (Å²) in [6, 6.07) is 5.92. The number of halogens is 1. The van der Waals surface area contributed by atoms with Crippen LogP contribution in [0.15, 0.2) is 29.2 Å². The lowest BCUT2D eigenvalue weighted by molar-refractivity contribution is -0.127. The van der Waals surface area contributed by atoms with E-state index < -0.39 is 16.1 Å². The first-order chi connectivity index (χ1) is 8.94. The van der Waals surface area contributed by atoms with E-state index in [4.69, 9.17) is 0 Å². The number of carbonyl (C=O) groups excluding carboxylic acids is 1. The molecule has 1 amide bonds. The zero-order chi connectivity index (χ0) is 14.0. The Balaban J connectivity index is 2.16. The summed E-state index contributed by atoms with van der Waals surface area (Å²) in [7, 11) is -1.97. The lowest BCUT2D eigenvalue weighted by Crippen LogP contribution is -2.40. The third kappa shape index (κ3) is 3.16. The first-order valence-corrected chi connectivity index (χ1v) is 8.47. The maximum atomic E-state index is 12.1. The van der Waals surface area contributed by atoms with Gasteiger partial charge in [-0.15, -0.1) is 0 Å². The van der Waals surface area contributed by atoms with Crippen LogP contribution >= 0.6 is 15.9 Å². The minimum Gasteiger partial charge on any atom is -0.344 e. The van der Waals surface area contributed by atoms with Crippen molar-refractivity contribution < 1.29 is 13.2 Å². The molecule has 0 bridgehead atoms. The second-order valence-corrected chi connectivity index (χ2v) is 6.77. The number of alkyl halides is 1. The van der Waals surface area contributed by atoms with E-state index >= 15 is 0 Å². The number of amides is 1. The zero-order valence-corrected chi connectivity index (χ0v) is 12.9. The Morgan fingerprint density at radius 1 is 1.37 bits per heavy atom. The van der Waals surface area contributed by atoms with Gasteiger partial charge in [0, 0.05) is 18.9 Å². The Morgan fingerprint density at radius 3 is 2.47 bits per heavy atom. The summed E-state index contributed by atoms with van der Waals surface area (Å²) >= 11 is 3.30. The van der Waals surface area contributed by atoms with Gasteiger partial charge in [0.15, 0.2) is 0 Å². The number of likely N-dealkylation sites (N-methyl/N-ethyl adjacent to an activating group) is 1. The number of carbonyl (C=O) groups is 1. The second-order valence-electron chi connectivity index (χ2n) is 4.50. The van der Waals surface area contributed by atoms with Crippen LogP contribution in [-0.2, 0) is 20.1 Å². The summed E-state index contributed by atoms with van der Waals surface area (Å²) in [5, 5.41) is 0.673. The molecule has 0 radical (unpaired) electrons. The highest BCUT2D eigenvalue weighted by atomic mass is 79.9. The molecule has 1 aliphatic rings. The van der Waals surface area contributed by atoms with Crippen LogP contribution in [0.4, 0.5) is 0 Å². The van der Waals surface area contributed by atoms with E-state index in [0.29, 0.717) is 18.3 Å². The normalized spacial score (nSPS) is 20.0. The Kier molecular flexibility index (Phi) is 4.27. The van der Waals surface area contributed by atoms with Gasteiger partial charge in [-0.05, 0) is 24.1 Å². The minimum absolute atomic E-state index is 0.180. The predicted molar refractivity (Wildman–Crippen MR) is 75.4 cm³/mol. The number of sulfonamides is 1. The SMILES string of the molecule is CN1CCC(NS(=O)(=O)c2ccc(CBr)cc2)C1=O. The predicted octanol–water partition coefficient (Wildman–Crippen LogP) is 1.09. The lowest BCUT2D eigenvalue weighted by Gasteiger charge is -2.12. The molecule has 1 saturated heterocycles. The highest BCUT2D eigenvalue weighted by Crippen LogP contribution is 2.16. The maximum absolute atomic E-state index is 12.1. The Labute approximate surface area is 121 Å². The molecule has 0 spiro atoms. The summed E-state index contributed by atoms with van der Waals surface area (Å²) in [6.45, 7) is 0.578. The van der Waals surface area contributed by atoms with Crippen LogP contribution in [0.25, 0.3) is 0 Å². The smallest absolute Gasteiger partial charge is 0.241 e. The minimum atomic E-state index is -3.64. The van der Waals surface area contributed by atoms with Crippen LogP contribution in [0.5, 0.6) is 0 Å². The fourth-order valence-electron chi connectivity index (χ4n) is 1.94. The van der Waals surface area contributed by atoms with E-state index in [0.717, 1.165) is 5.56 Å². The van der Waals surface area contributed by atoms with Crippen LogP contribution < -0.4 is 4.72 Å². The first-order valence-electron chi connectivity index (χ1n) is 5.86. The van der Waals surface area contributed by atoms with Gasteiger partial charge in [-0.1, -0.05) is 28.1 Å². The van der Waals surface area contributed by atoms with Crippen LogP contribution in [0, 0.1) is 0 Å². The van der Waals surface area contributed by atoms with Crippen LogP contribution in [0.2, 0.25) is 0 Å². The monoisotopic (exact) mass is 346 g/mol. The van der Waals surface area contributed by atoms with Gasteiger partial charge in [0.1, 0.15) is 6.04 Å². The van der Waals surface area contributed by atoms with E-state index in [-0.39, 0.29) is 10.8 Å². The quantitative estimate of drug-likeness (QED) is 0.830. The van der Waals surface area contributed by atoms with Crippen molar-refractivity contribution in [3.63, 3.8) is 0 Å². The average molecular weight is 347 g/mol. The van der Waals surface area contributed by atoms with Gasteiger partial charge in [-0.25, -0.2) is 8.42 Å². The Bertz CT molecular complexity index is 571. The molecule has 5 nitrogen and oxygen atoms in total. The van der Waals surface area contributed by atoms with Gasteiger partial charge in [0.25, 0.3) is 0 Å². The fraction of sp³-hybridized carbons (Fsp3) is 0.417.